The number of ketones is 1. The summed E-state index contributed by atoms with van der Waals surface area (Å²) in [7, 11) is 0. The van der Waals surface area contributed by atoms with Crippen LogP contribution < -0.4 is 0 Å². The molecule has 0 heterocycles. The van der Waals surface area contributed by atoms with Gasteiger partial charge >= 0.3 is 12.1 Å². The van der Waals surface area contributed by atoms with Crippen LogP contribution in [0.1, 0.15) is 6.92 Å². The molecule has 0 saturated carbocycles. The molecule has 7 heteroatoms. The Morgan fingerprint density at radius 2 is 1.93 bits per heavy atom. The van der Waals surface area contributed by atoms with Gasteiger partial charge in [0.2, 0.25) is 0 Å². The van der Waals surface area contributed by atoms with Gasteiger partial charge in [0.1, 0.15) is 5.57 Å². The molecular weight excluding hydrogens is 225 g/mol. The summed E-state index contributed by atoms with van der Waals surface area (Å²) in [4.78, 5) is 21.3. The summed E-state index contributed by atoms with van der Waals surface area (Å²) in [5, 5.41) is 0. The van der Waals surface area contributed by atoms with Gasteiger partial charge in [-0.2, -0.15) is 13.2 Å². The molecule has 0 aliphatic rings. The summed E-state index contributed by atoms with van der Waals surface area (Å²) in [6.45, 7) is 1.25. The molecule has 0 atom stereocenters. The van der Waals surface area contributed by atoms with Gasteiger partial charge in [0.25, 0.3) is 5.78 Å². The average molecular weight is 231 g/mol. The molecule has 0 saturated heterocycles. The number of hydrogen-bond donors (Lipinski definition) is 0. The Hall–Kier alpha value is -1.04. The molecule has 0 aromatic carbocycles. The van der Waals surface area contributed by atoms with Crippen LogP contribution in [-0.2, 0) is 14.3 Å². The van der Waals surface area contributed by atoms with Crippen LogP contribution in [0.15, 0.2) is 11.1 Å². The van der Waals surface area contributed by atoms with Crippen LogP contribution in [0.4, 0.5) is 13.2 Å². The van der Waals surface area contributed by atoms with Crippen LogP contribution in [0.5, 0.6) is 0 Å². The Kier molecular flexibility index (Phi) is 4.62. The van der Waals surface area contributed by atoms with Crippen molar-refractivity contribution in [2.45, 2.75) is 13.1 Å². The molecule has 0 N–H and O–H groups in total. The minimum atomic E-state index is -5.13. The predicted octanol–water partition coefficient (Wildman–Crippen LogP) is 1.80. The zero-order valence-electron chi connectivity index (χ0n) is 7.02. The molecule has 0 spiro atoms. The number of hydrogen-bond acceptors (Lipinski definition) is 3. The summed E-state index contributed by atoms with van der Waals surface area (Å²) in [6.07, 6.45) is -5.13. The average Bonchev–Trinajstić information content (AvgIpc) is 2.04. The summed E-state index contributed by atoms with van der Waals surface area (Å²) >= 11 is 4.92. The van der Waals surface area contributed by atoms with Gasteiger partial charge in [0.05, 0.1) is 6.61 Å². The molecule has 0 radical (unpaired) electrons. The van der Waals surface area contributed by atoms with E-state index in [9.17, 15) is 22.8 Å². The summed E-state index contributed by atoms with van der Waals surface area (Å²) in [5.74, 6) is -3.70. The zero-order chi connectivity index (χ0) is 11.4. The molecule has 0 bridgehead atoms. The van der Waals surface area contributed by atoms with E-state index >= 15 is 0 Å². The fourth-order valence-electron chi connectivity index (χ4n) is 0.548. The number of ether oxygens (including phenoxy) is 1. The molecule has 0 aromatic heterocycles. The second-order valence-electron chi connectivity index (χ2n) is 2.07. The Morgan fingerprint density at radius 3 is 2.21 bits per heavy atom. The smallest absolute Gasteiger partial charge is 0.455 e. The zero-order valence-corrected chi connectivity index (χ0v) is 7.78. The third kappa shape index (κ3) is 3.37. The van der Waals surface area contributed by atoms with Gasteiger partial charge in [-0.25, -0.2) is 4.79 Å². The number of carbonyl (C=O) groups excluding carboxylic acids is 2. The quantitative estimate of drug-likeness (QED) is 0.321. The second kappa shape index (κ2) is 4.99. The Morgan fingerprint density at radius 1 is 1.43 bits per heavy atom. The predicted molar refractivity (Wildman–Crippen MR) is 41.6 cm³/mol. The van der Waals surface area contributed by atoms with Crippen molar-refractivity contribution in [3.05, 3.63) is 11.1 Å². The van der Waals surface area contributed by atoms with E-state index in [1.54, 1.807) is 0 Å². The molecule has 0 amide bonds. The number of esters is 1. The largest absolute Gasteiger partial charge is 0.462 e. The van der Waals surface area contributed by atoms with Crippen molar-refractivity contribution in [1.29, 1.82) is 0 Å². The maximum Gasteiger partial charge on any atom is 0.455 e. The first-order chi connectivity index (χ1) is 6.34. The van der Waals surface area contributed by atoms with Crippen molar-refractivity contribution in [3.8, 4) is 0 Å². The molecule has 3 nitrogen and oxygen atoms in total. The Balaban J connectivity index is 4.77. The fourth-order valence-corrected chi connectivity index (χ4v) is 0.737. The van der Waals surface area contributed by atoms with Gasteiger partial charge in [-0.3, -0.25) is 4.79 Å². The first-order valence-corrected chi connectivity index (χ1v) is 3.87. The van der Waals surface area contributed by atoms with Crippen molar-refractivity contribution in [2.24, 2.45) is 0 Å². The van der Waals surface area contributed by atoms with Gasteiger partial charge in [-0.05, 0) is 6.92 Å². The van der Waals surface area contributed by atoms with Crippen LogP contribution in [0.25, 0.3) is 0 Å². The Labute approximate surface area is 82.5 Å². The fraction of sp³-hybridized carbons (Fsp3) is 0.429. The van der Waals surface area contributed by atoms with Gasteiger partial charge in [-0.1, -0.05) is 11.6 Å². The third-order valence-corrected chi connectivity index (χ3v) is 1.32. The first kappa shape index (κ1) is 13.0. The summed E-state index contributed by atoms with van der Waals surface area (Å²) in [6, 6.07) is 0. The minimum Gasteiger partial charge on any atom is -0.462 e. The maximum absolute atomic E-state index is 11.8. The van der Waals surface area contributed by atoms with Crippen LogP contribution in [0.2, 0.25) is 0 Å². The van der Waals surface area contributed by atoms with Crippen molar-refractivity contribution < 1.29 is 27.5 Å². The number of alkyl halides is 3. The lowest BCUT2D eigenvalue weighted by molar-refractivity contribution is -0.168. The van der Waals surface area contributed by atoms with Crippen LogP contribution in [-0.4, -0.2) is 24.5 Å². The Bertz CT molecular complexity index is 270. The lowest BCUT2D eigenvalue weighted by Gasteiger charge is -2.07. The monoisotopic (exact) mass is 230 g/mol. The molecule has 0 aromatic rings. The third-order valence-electron chi connectivity index (χ3n) is 1.11. The van der Waals surface area contributed by atoms with Crippen LogP contribution >= 0.6 is 11.6 Å². The van der Waals surface area contributed by atoms with E-state index in [1.807, 2.05) is 0 Å². The van der Waals surface area contributed by atoms with Crippen LogP contribution in [0, 0.1) is 0 Å². The van der Waals surface area contributed by atoms with Crippen molar-refractivity contribution >= 4 is 23.4 Å². The minimum absolute atomic E-state index is 0.141. The highest BCUT2D eigenvalue weighted by Crippen LogP contribution is 2.21. The standard InChI is InChI=1S/C7H6ClF3O3/c1-2-14-6(13)4(3-8)5(12)7(9,10)11/h3H,2H2,1H3/b4-3+. The lowest BCUT2D eigenvalue weighted by atomic mass is 10.2. The molecule has 0 aliphatic carbocycles. The number of rotatable bonds is 3. The van der Waals surface area contributed by atoms with Gasteiger partial charge < -0.3 is 4.74 Å². The van der Waals surface area contributed by atoms with E-state index in [0.717, 1.165) is 0 Å². The normalized spacial score (nSPS) is 12.5. The first-order valence-electron chi connectivity index (χ1n) is 3.43. The maximum atomic E-state index is 11.8. The van der Waals surface area contributed by atoms with Gasteiger partial charge in [0, 0.05) is 5.54 Å². The number of halogens is 4. The van der Waals surface area contributed by atoms with Crippen molar-refractivity contribution in [1.82, 2.24) is 0 Å². The van der Waals surface area contributed by atoms with E-state index in [2.05, 4.69) is 4.74 Å². The highest BCUT2D eigenvalue weighted by atomic mass is 35.5. The molecular formula is C7H6ClF3O3. The molecule has 14 heavy (non-hydrogen) atoms. The highest BCUT2D eigenvalue weighted by Gasteiger charge is 2.43. The highest BCUT2D eigenvalue weighted by molar-refractivity contribution is 6.33. The van der Waals surface area contributed by atoms with Gasteiger partial charge in [0.15, 0.2) is 0 Å². The molecule has 0 rings (SSSR count). The summed E-state index contributed by atoms with van der Waals surface area (Å²) in [5.41, 5.74) is -0.964. The van der Waals surface area contributed by atoms with E-state index in [1.165, 1.54) is 6.92 Å². The van der Waals surface area contributed by atoms with E-state index in [-0.39, 0.29) is 12.1 Å². The molecule has 80 valence electrons. The van der Waals surface area contributed by atoms with Crippen molar-refractivity contribution in [2.75, 3.05) is 6.61 Å². The topological polar surface area (TPSA) is 43.4 Å². The van der Waals surface area contributed by atoms with Crippen LogP contribution in [0.3, 0.4) is 0 Å². The van der Waals surface area contributed by atoms with E-state index < -0.39 is 23.5 Å². The van der Waals surface area contributed by atoms with E-state index in [0.29, 0.717) is 0 Å². The lowest BCUT2D eigenvalue weighted by Crippen LogP contribution is -2.29. The number of Topliss-reactive ketones (excluding diaryl/α,β-unsaturated/α-hetero) is 1. The van der Waals surface area contributed by atoms with E-state index in [4.69, 9.17) is 11.6 Å². The SMILES string of the molecule is CCOC(=O)/C(=C/Cl)C(=O)C(F)(F)F. The molecule has 0 fully saturated rings. The molecule has 0 aliphatic heterocycles. The summed E-state index contributed by atoms with van der Waals surface area (Å²) < 4.78 is 39.7. The van der Waals surface area contributed by atoms with Crippen molar-refractivity contribution in [3.63, 3.8) is 0 Å². The number of carbonyl (C=O) groups is 2. The molecule has 0 unspecified atom stereocenters. The van der Waals surface area contributed by atoms with Gasteiger partial charge in [-0.15, -0.1) is 0 Å². The second-order valence-corrected chi connectivity index (χ2v) is 2.29.